The van der Waals surface area contributed by atoms with Gasteiger partial charge < -0.3 is 15.0 Å². The Kier molecular flexibility index (Phi) is 10.5. The first-order valence-corrected chi connectivity index (χ1v) is 16.0. The Hall–Kier alpha value is -3.56. The second-order valence-corrected chi connectivity index (χ2v) is 12.9. The Morgan fingerprint density at radius 1 is 0.976 bits per heavy atom. The number of methoxy groups -OCH3 is 1. The molecule has 3 aromatic carbocycles. The van der Waals surface area contributed by atoms with E-state index >= 15 is 0 Å². The van der Waals surface area contributed by atoms with Crippen molar-refractivity contribution >= 4 is 39.1 Å². The minimum absolute atomic E-state index is 0.0405. The molecule has 42 heavy (non-hydrogen) atoms. The lowest BCUT2D eigenvalue weighted by Crippen LogP contribution is -2.53. The number of carbonyl (C=O) groups is 2. The lowest BCUT2D eigenvalue weighted by molar-refractivity contribution is -0.139. The molecule has 0 heterocycles. The summed E-state index contributed by atoms with van der Waals surface area (Å²) in [4.78, 5) is 29.0. The van der Waals surface area contributed by atoms with Crippen LogP contribution in [0.25, 0.3) is 0 Å². The number of halogens is 1. The van der Waals surface area contributed by atoms with Gasteiger partial charge in [0.2, 0.25) is 11.8 Å². The molecule has 224 valence electrons. The average molecular weight is 612 g/mol. The minimum Gasteiger partial charge on any atom is -0.497 e. The molecule has 3 aromatic rings. The molecule has 1 saturated carbocycles. The van der Waals surface area contributed by atoms with E-state index in [1.165, 1.54) is 24.1 Å². The van der Waals surface area contributed by atoms with Gasteiger partial charge in [-0.15, -0.1) is 0 Å². The predicted molar refractivity (Wildman–Crippen MR) is 165 cm³/mol. The maximum Gasteiger partial charge on any atom is 0.264 e. The van der Waals surface area contributed by atoms with Crippen molar-refractivity contribution < 1.29 is 22.7 Å². The third kappa shape index (κ3) is 7.63. The van der Waals surface area contributed by atoms with Crippen LogP contribution in [0.15, 0.2) is 77.7 Å². The molecule has 8 nitrogen and oxygen atoms in total. The molecule has 0 bridgehead atoms. The molecule has 10 heteroatoms. The zero-order valence-electron chi connectivity index (χ0n) is 24.3. The van der Waals surface area contributed by atoms with Crippen molar-refractivity contribution in [2.24, 2.45) is 0 Å². The minimum atomic E-state index is -4.15. The van der Waals surface area contributed by atoms with Crippen molar-refractivity contribution in [1.29, 1.82) is 0 Å². The second kappa shape index (κ2) is 14.1. The summed E-state index contributed by atoms with van der Waals surface area (Å²) in [6.07, 6.45) is 5.05. The predicted octanol–water partition coefficient (Wildman–Crippen LogP) is 5.72. The molecule has 4 rings (SSSR count). The lowest BCUT2D eigenvalue weighted by Gasteiger charge is -2.33. The molecular weight excluding hydrogens is 574 g/mol. The molecule has 0 spiro atoms. The summed E-state index contributed by atoms with van der Waals surface area (Å²) in [7, 11) is -2.63. The number of rotatable bonds is 11. The molecule has 0 radical (unpaired) electrons. The van der Waals surface area contributed by atoms with Crippen molar-refractivity contribution in [3.8, 4) is 5.75 Å². The highest BCUT2D eigenvalue weighted by atomic mass is 35.5. The number of amides is 2. The van der Waals surface area contributed by atoms with Gasteiger partial charge >= 0.3 is 0 Å². The number of anilines is 1. The van der Waals surface area contributed by atoms with E-state index in [1.807, 2.05) is 13.0 Å². The van der Waals surface area contributed by atoms with Crippen LogP contribution in [0.4, 0.5) is 5.69 Å². The van der Waals surface area contributed by atoms with Crippen molar-refractivity contribution in [2.45, 2.75) is 69.5 Å². The van der Waals surface area contributed by atoms with Crippen LogP contribution in [0, 0.1) is 6.92 Å². The molecule has 1 aliphatic carbocycles. The quantitative estimate of drug-likeness (QED) is 0.299. The van der Waals surface area contributed by atoms with Gasteiger partial charge in [0.25, 0.3) is 10.0 Å². The third-order valence-electron chi connectivity index (χ3n) is 7.67. The maximum atomic E-state index is 14.1. The number of sulfonamides is 1. The summed E-state index contributed by atoms with van der Waals surface area (Å²) in [5.41, 5.74) is 1.86. The normalized spacial score (nSPS) is 14.6. The van der Waals surface area contributed by atoms with Gasteiger partial charge in [0, 0.05) is 17.6 Å². The van der Waals surface area contributed by atoms with Gasteiger partial charge in [0.15, 0.2) is 0 Å². The van der Waals surface area contributed by atoms with Crippen LogP contribution >= 0.6 is 11.6 Å². The largest absolute Gasteiger partial charge is 0.497 e. The number of aryl methyl sites for hydroxylation is 1. The fourth-order valence-electron chi connectivity index (χ4n) is 5.08. The Morgan fingerprint density at radius 3 is 2.24 bits per heavy atom. The number of nitrogens with zero attached hydrogens (tertiary/aromatic N) is 2. The van der Waals surface area contributed by atoms with Gasteiger partial charge in [-0.3, -0.25) is 13.9 Å². The smallest absolute Gasteiger partial charge is 0.264 e. The van der Waals surface area contributed by atoms with Gasteiger partial charge in [0.05, 0.1) is 17.7 Å². The van der Waals surface area contributed by atoms with Crippen LogP contribution in [0.1, 0.15) is 50.2 Å². The van der Waals surface area contributed by atoms with Gasteiger partial charge in [-0.1, -0.05) is 66.8 Å². The number of carbonyl (C=O) groups excluding carboxylic acids is 2. The molecule has 0 aliphatic heterocycles. The first-order valence-electron chi connectivity index (χ1n) is 14.2. The van der Waals surface area contributed by atoms with E-state index in [2.05, 4.69) is 5.32 Å². The molecule has 0 aromatic heterocycles. The van der Waals surface area contributed by atoms with Crippen molar-refractivity contribution in [2.75, 3.05) is 18.0 Å². The van der Waals surface area contributed by atoms with Crippen LogP contribution in [0.5, 0.6) is 5.75 Å². The highest BCUT2D eigenvalue weighted by Crippen LogP contribution is 2.27. The Labute approximate surface area is 253 Å². The number of nitrogens with one attached hydrogen (secondary N) is 1. The van der Waals surface area contributed by atoms with Crippen molar-refractivity contribution in [1.82, 2.24) is 10.2 Å². The zero-order chi connectivity index (χ0) is 30.3. The Balaban J connectivity index is 1.68. The summed E-state index contributed by atoms with van der Waals surface area (Å²) in [5.74, 6) is -0.265. The molecule has 0 saturated heterocycles. The summed E-state index contributed by atoms with van der Waals surface area (Å²) >= 11 is 6.45. The highest BCUT2D eigenvalue weighted by molar-refractivity contribution is 7.92. The lowest BCUT2D eigenvalue weighted by atomic mass is 9.95. The third-order valence-corrected chi connectivity index (χ3v) is 9.82. The first kappa shape index (κ1) is 31.4. The Bertz CT molecular complexity index is 1470. The molecule has 1 unspecified atom stereocenters. The van der Waals surface area contributed by atoms with E-state index in [9.17, 15) is 18.0 Å². The Morgan fingerprint density at radius 2 is 1.62 bits per heavy atom. The average Bonchev–Trinajstić information content (AvgIpc) is 2.99. The molecule has 1 atom stereocenters. The monoisotopic (exact) mass is 611 g/mol. The highest BCUT2D eigenvalue weighted by Gasteiger charge is 2.33. The van der Waals surface area contributed by atoms with Gasteiger partial charge in [0.1, 0.15) is 18.3 Å². The van der Waals surface area contributed by atoms with Gasteiger partial charge in [-0.05, 0) is 74.7 Å². The zero-order valence-corrected chi connectivity index (χ0v) is 25.8. The van der Waals surface area contributed by atoms with Crippen LogP contribution in [0.2, 0.25) is 5.02 Å². The number of ether oxygens (including phenoxy) is 1. The van der Waals surface area contributed by atoms with E-state index in [0.717, 1.165) is 42.0 Å². The molecular formula is C32H38ClN3O5S. The van der Waals surface area contributed by atoms with Crippen LogP contribution < -0.4 is 14.4 Å². The van der Waals surface area contributed by atoms with Crippen LogP contribution in [-0.4, -0.2) is 50.9 Å². The fraction of sp³-hybridized carbons (Fsp3) is 0.375. The van der Waals surface area contributed by atoms with Crippen molar-refractivity contribution in [3.05, 3.63) is 88.9 Å². The molecule has 1 aliphatic rings. The number of hydrogen-bond acceptors (Lipinski definition) is 5. The number of hydrogen-bond donors (Lipinski definition) is 1. The van der Waals surface area contributed by atoms with E-state index in [4.69, 9.17) is 16.3 Å². The first-order chi connectivity index (χ1) is 20.1. The van der Waals surface area contributed by atoms with Crippen LogP contribution in [0.3, 0.4) is 0 Å². The van der Waals surface area contributed by atoms with E-state index in [-0.39, 0.29) is 23.4 Å². The molecule has 1 N–H and O–H groups in total. The molecule has 1 fully saturated rings. The molecule has 2 amide bonds. The van der Waals surface area contributed by atoms with Gasteiger partial charge in [-0.2, -0.15) is 0 Å². The summed E-state index contributed by atoms with van der Waals surface area (Å²) in [6, 6.07) is 19.2. The van der Waals surface area contributed by atoms with Crippen LogP contribution in [-0.2, 0) is 26.2 Å². The van der Waals surface area contributed by atoms with E-state index in [1.54, 1.807) is 61.5 Å². The maximum absolute atomic E-state index is 14.1. The standard InChI is InChI=1S/C32H38ClN3O5S/c1-23-13-19-29(20-14-23)42(39,40)36(27-15-17-28(41-3)18-16-27)22-31(37)35(21-25-9-7-8-12-30(25)33)24(2)32(38)34-26-10-5-4-6-11-26/h7-9,12-20,24,26H,4-6,10-11,21-22H2,1-3H3,(H,34,38). The summed E-state index contributed by atoms with van der Waals surface area (Å²) < 4.78 is 34.2. The van der Waals surface area contributed by atoms with Gasteiger partial charge in [-0.25, -0.2) is 8.42 Å². The second-order valence-electron chi connectivity index (χ2n) is 10.7. The number of benzene rings is 3. The topological polar surface area (TPSA) is 96.0 Å². The summed E-state index contributed by atoms with van der Waals surface area (Å²) in [6.45, 7) is 3.06. The van der Waals surface area contributed by atoms with E-state index < -0.39 is 28.5 Å². The summed E-state index contributed by atoms with van der Waals surface area (Å²) in [5, 5.41) is 3.56. The van der Waals surface area contributed by atoms with Crippen molar-refractivity contribution in [3.63, 3.8) is 0 Å². The fourth-order valence-corrected chi connectivity index (χ4v) is 6.69. The van der Waals surface area contributed by atoms with E-state index in [0.29, 0.717) is 22.0 Å². The SMILES string of the molecule is COc1ccc(N(CC(=O)N(Cc2ccccc2Cl)C(C)C(=O)NC2CCCCC2)S(=O)(=O)c2ccc(C)cc2)cc1.